The first-order valence-corrected chi connectivity index (χ1v) is 8.63. The Balaban J connectivity index is 2.06. The zero-order chi connectivity index (χ0) is 15.2. The van der Waals surface area contributed by atoms with Crippen LogP contribution >= 0.6 is 0 Å². The smallest absolute Gasteiger partial charge is 0.0366 e. The van der Waals surface area contributed by atoms with Gasteiger partial charge in [0, 0.05) is 24.8 Å². The monoisotopic (exact) mass is 288 g/mol. The summed E-state index contributed by atoms with van der Waals surface area (Å²) in [5.41, 5.74) is 1.36. The summed E-state index contributed by atoms with van der Waals surface area (Å²) >= 11 is 0. The number of hydrogen-bond acceptors (Lipinski definition) is 2. The molecule has 2 rings (SSSR count). The van der Waals surface area contributed by atoms with Gasteiger partial charge in [0.15, 0.2) is 0 Å². The van der Waals surface area contributed by atoms with Crippen molar-refractivity contribution in [3.63, 3.8) is 0 Å². The Kier molecular flexibility index (Phi) is 6.10. The van der Waals surface area contributed by atoms with Crippen molar-refractivity contribution in [2.24, 2.45) is 17.8 Å². The Morgan fingerprint density at radius 1 is 1.19 bits per heavy atom. The van der Waals surface area contributed by atoms with E-state index in [2.05, 4.69) is 68.4 Å². The molecule has 1 aromatic carbocycles. The second-order valence-electron chi connectivity index (χ2n) is 6.85. The Hall–Kier alpha value is -1.02. The van der Waals surface area contributed by atoms with E-state index >= 15 is 0 Å². The lowest BCUT2D eigenvalue weighted by Crippen LogP contribution is -2.45. The van der Waals surface area contributed by atoms with Gasteiger partial charge in [-0.2, -0.15) is 0 Å². The van der Waals surface area contributed by atoms with Crippen LogP contribution in [0.25, 0.3) is 0 Å². The van der Waals surface area contributed by atoms with Crippen molar-refractivity contribution in [2.75, 3.05) is 25.0 Å². The minimum Gasteiger partial charge on any atom is -0.371 e. The fraction of sp³-hybridized carbons (Fsp3) is 0.684. The van der Waals surface area contributed by atoms with Gasteiger partial charge < -0.3 is 10.2 Å². The summed E-state index contributed by atoms with van der Waals surface area (Å²) in [6.45, 7) is 9.30. The van der Waals surface area contributed by atoms with Crippen LogP contribution in [0.15, 0.2) is 30.3 Å². The molecule has 1 aliphatic rings. The molecule has 0 spiro atoms. The van der Waals surface area contributed by atoms with E-state index in [1.54, 1.807) is 0 Å². The fourth-order valence-corrected chi connectivity index (χ4v) is 3.83. The number of benzene rings is 1. The van der Waals surface area contributed by atoms with Crippen molar-refractivity contribution in [3.05, 3.63) is 30.3 Å². The number of nitrogens with one attached hydrogen (secondary N) is 1. The molecular weight excluding hydrogens is 256 g/mol. The van der Waals surface area contributed by atoms with Crippen molar-refractivity contribution in [2.45, 2.75) is 46.1 Å². The van der Waals surface area contributed by atoms with E-state index in [1.165, 1.54) is 31.5 Å². The van der Waals surface area contributed by atoms with Crippen molar-refractivity contribution in [1.82, 2.24) is 5.32 Å². The lowest BCUT2D eigenvalue weighted by Gasteiger charge is -2.40. The highest BCUT2D eigenvalue weighted by atomic mass is 15.1. The van der Waals surface area contributed by atoms with Gasteiger partial charge in [-0.05, 0) is 63.1 Å². The first-order valence-electron chi connectivity index (χ1n) is 8.63. The third-order valence-corrected chi connectivity index (χ3v) is 5.29. The van der Waals surface area contributed by atoms with Crippen LogP contribution in [0.2, 0.25) is 0 Å². The molecule has 0 bridgehead atoms. The molecule has 0 saturated heterocycles. The quantitative estimate of drug-likeness (QED) is 0.845. The van der Waals surface area contributed by atoms with Gasteiger partial charge in [0.1, 0.15) is 0 Å². The molecule has 2 heteroatoms. The van der Waals surface area contributed by atoms with E-state index in [-0.39, 0.29) is 0 Å². The lowest BCUT2D eigenvalue weighted by atomic mass is 9.73. The molecular formula is C19H32N2. The molecule has 0 radical (unpaired) electrons. The summed E-state index contributed by atoms with van der Waals surface area (Å²) in [7, 11) is 2.13. The van der Waals surface area contributed by atoms with Crippen molar-refractivity contribution < 1.29 is 0 Å². The Bertz CT molecular complexity index is 401. The molecule has 2 nitrogen and oxygen atoms in total. The van der Waals surface area contributed by atoms with Crippen molar-refractivity contribution in [1.29, 1.82) is 0 Å². The molecule has 1 saturated carbocycles. The van der Waals surface area contributed by atoms with E-state index < -0.39 is 0 Å². The highest BCUT2D eigenvalue weighted by Crippen LogP contribution is 2.34. The third-order valence-electron chi connectivity index (χ3n) is 5.29. The van der Waals surface area contributed by atoms with Gasteiger partial charge in [0.2, 0.25) is 0 Å². The Morgan fingerprint density at radius 2 is 1.90 bits per heavy atom. The van der Waals surface area contributed by atoms with Crippen molar-refractivity contribution in [3.8, 4) is 0 Å². The number of rotatable bonds is 6. The maximum absolute atomic E-state index is 3.57. The van der Waals surface area contributed by atoms with E-state index in [0.717, 1.165) is 24.3 Å². The molecule has 0 amide bonds. The summed E-state index contributed by atoms with van der Waals surface area (Å²) in [6, 6.07) is 11.5. The highest BCUT2D eigenvalue weighted by molar-refractivity contribution is 5.45. The van der Waals surface area contributed by atoms with E-state index in [1.807, 2.05) is 0 Å². The molecule has 118 valence electrons. The van der Waals surface area contributed by atoms with Gasteiger partial charge in [0.25, 0.3) is 0 Å². The van der Waals surface area contributed by atoms with Gasteiger partial charge >= 0.3 is 0 Å². The number of para-hydroxylation sites is 1. The van der Waals surface area contributed by atoms with E-state index in [0.29, 0.717) is 6.04 Å². The maximum atomic E-state index is 3.57. The zero-order valence-electron chi connectivity index (χ0n) is 14.2. The minimum atomic E-state index is 0.678. The molecule has 0 aromatic heterocycles. The van der Waals surface area contributed by atoms with Crippen LogP contribution in [0.4, 0.5) is 5.69 Å². The maximum Gasteiger partial charge on any atom is 0.0366 e. The summed E-state index contributed by atoms with van der Waals surface area (Å²) in [5, 5.41) is 3.57. The molecule has 1 aliphatic carbocycles. The van der Waals surface area contributed by atoms with Gasteiger partial charge in [-0.25, -0.2) is 0 Å². The summed E-state index contributed by atoms with van der Waals surface area (Å²) < 4.78 is 0. The second-order valence-corrected chi connectivity index (χ2v) is 6.85. The predicted molar refractivity (Wildman–Crippen MR) is 92.8 cm³/mol. The van der Waals surface area contributed by atoms with Crippen LogP contribution in [-0.2, 0) is 0 Å². The van der Waals surface area contributed by atoms with Crippen LogP contribution in [0.3, 0.4) is 0 Å². The molecule has 1 aromatic rings. The molecule has 3 atom stereocenters. The SMILES string of the molecule is CCN(CC1CC(C(C)C)CCC1NC)c1ccccc1. The standard InChI is InChI=1S/C19H32N2/c1-5-21(18-9-7-6-8-10-18)14-17-13-16(15(2)3)11-12-19(17)20-4/h6-10,15-17,19-20H,5,11-14H2,1-4H3. The van der Waals surface area contributed by atoms with Gasteiger partial charge in [-0.1, -0.05) is 32.0 Å². The van der Waals surface area contributed by atoms with Gasteiger partial charge in [0.05, 0.1) is 0 Å². The average molecular weight is 288 g/mol. The van der Waals surface area contributed by atoms with Crippen LogP contribution in [0.1, 0.15) is 40.0 Å². The Morgan fingerprint density at radius 3 is 2.48 bits per heavy atom. The predicted octanol–water partition coefficient (Wildman–Crippen LogP) is 4.17. The number of nitrogens with zero attached hydrogens (tertiary/aromatic N) is 1. The summed E-state index contributed by atoms with van der Waals surface area (Å²) in [5.74, 6) is 2.47. The number of hydrogen-bond donors (Lipinski definition) is 1. The van der Waals surface area contributed by atoms with Crippen molar-refractivity contribution >= 4 is 5.69 Å². The average Bonchev–Trinajstić information content (AvgIpc) is 2.53. The van der Waals surface area contributed by atoms with Crippen LogP contribution < -0.4 is 10.2 Å². The first-order chi connectivity index (χ1) is 10.2. The highest BCUT2D eigenvalue weighted by Gasteiger charge is 2.31. The topological polar surface area (TPSA) is 15.3 Å². The zero-order valence-corrected chi connectivity index (χ0v) is 14.2. The van der Waals surface area contributed by atoms with Gasteiger partial charge in [-0.3, -0.25) is 0 Å². The van der Waals surface area contributed by atoms with Gasteiger partial charge in [-0.15, -0.1) is 0 Å². The van der Waals surface area contributed by atoms with Crippen LogP contribution in [0, 0.1) is 17.8 Å². The van der Waals surface area contributed by atoms with Crippen LogP contribution in [-0.4, -0.2) is 26.2 Å². The number of anilines is 1. The second kappa shape index (κ2) is 7.84. The Labute approximate surface area is 130 Å². The molecule has 3 unspecified atom stereocenters. The van der Waals surface area contributed by atoms with Crippen LogP contribution in [0.5, 0.6) is 0 Å². The molecule has 0 heterocycles. The third kappa shape index (κ3) is 4.23. The summed E-state index contributed by atoms with van der Waals surface area (Å²) in [4.78, 5) is 2.54. The normalized spacial score (nSPS) is 26.0. The van der Waals surface area contributed by atoms with E-state index in [9.17, 15) is 0 Å². The molecule has 21 heavy (non-hydrogen) atoms. The first kappa shape index (κ1) is 16.4. The van der Waals surface area contributed by atoms with E-state index in [4.69, 9.17) is 0 Å². The molecule has 0 aliphatic heterocycles. The fourth-order valence-electron chi connectivity index (χ4n) is 3.83. The minimum absolute atomic E-state index is 0.678. The lowest BCUT2D eigenvalue weighted by molar-refractivity contribution is 0.176. The molecule has 1 fully saturated rings. The largest absolute Gasteiger partial charge is 0.371 e. The summed E-state index contributed by atoms with van der Waals surface area (Å²) in [6.07, 6.45) is 4.08. The molecule has 1 N–H and O–H groups in total.